The van der Waals surface area contributed by atoms with E-state index in [0.29, 0.717) is 11.7 Å². The van der Waals surface area contributed by atoms with Crippen molar-refractivity contribution in [2.45, 2.75) is 20.3 Å². The Hall–Kier alpha value is -2.36. The van der Waals surface area contributed by atoms with Crippen molar-refractivity contribution in [1.29, 1.82) is 0 Å². The monoisotopic (exact) mass is 490 g/mol. The van der Waals surface area contributed by atoms with Crippen LogP contribution in [0.2, 0.25) is 0 Å². The molecule has 0 saturated carbocycles. The highest BCUT2D eigenvalue weighted by molar-refractivity contribution is 9.10. The van der Waals surface area contributed by atoms with Crippen molar-refractivity contribution in [2.75, 3.05) is 31.1 Å². The molecule has 0 aliphatic rings. The fraction of sp³-hybridized carbons (Fsp3) is 0.333. The zero-order valence-electron chi connectivity index (χ0n) is 16.9. The highest BCUT2D eigenvalue weighted by Gasteiger charge is 2.21. The molecule has 0 bridgehead atoms. The summed E-state index contributed by atoms with van der Waals surface area (Å²) in [5.41, 5.74) is 1.61. The third-order valence-corrected chi connectivity index (χ3v) is 6.44. The molecule has 0 spiro atoms. The summed E-state index contributed by atoms with van der Waals surface area (Å²) in [5, 5.41) is 11.5. The van der Waals surface area contributed by atoms with Crippen LogP contribution in [0.3, 0.4) is 0 Å². The average molecular weight is 491 g/mol. The molecule has 0 aliphatic carbocycles. The Morgan fingerprint density at radius 1 is 1.13 bits per heavy atom. The van der Waals surface area contributed by atoms with Crippen molar-refractivity contribution in [2.24, 2.45) is 0 Å². The molecule has 1 aromatic heterocycles. The van der Waals surface area contributed by atoms with Crippen LogP contribution in [0.5, 0.6) is 0 Å². The minimum absolute atomic E-state index is 0.0151. The maximum absolute atomic E-state index is 13.2. The molecule has 3 rings (SSSR count). The number of nitro groups is 1. The van der Waals surface area contributed by atoms with Crippen molar-refractivity contribution in [3.8, 4) is 0 Å². The van der Waals surface area contributed by atoms with E-state index in [1.54, 1.807) is 17.0 Å². The molecule has 1 amide bonds. The van der Waals surface area contributed by atoms with Crippen LogP contribution < -0.4 is 4.90 Å². The Labute approximate surface area is 187 Å². The quantitative estimate of drug-likeness (QED) is 0.315. The van der Waals surface area contributed by atoms with E-state index in [9.17, 15) is 14.9 Å². The van der Waals surface area contributed by atoms with Crippen LogP contribution >= 0.6 is 27.3 Å². The maximum Gasteiger partial charge on any atom is 0.269 e. The van der Waals surface area contributed by atoms with Crippen LogP contribution in [-0.4, -0.2) is 46.9 Å². The lowest BCUT2D eigenvalue weighted by molar-refractivity contribution is -0.384. The summed E-state index contributed by atoms with van der Waals surface area (Å²) in [7, 11) is 0. The Bertz CT molecular complexity index is 1030. The van der Waals surface area contributed by atoms with Gasteiger partial charge < -0.3 is 4.90 Å². The van der Waals surface area contributed by atoms with Gasteiger partial charge in [-0.25, -0.2) is 4.98 Å². The van der Waals surface area contributed by atoms with Crippen molar-refractivity contribution in [3.05, 3.63) is 62.6 Å². The van der Waals surface area contributed by atoms with Gasteiger partial charge in [-0.3, -0.25) is 19.8 Å². The molecule has 2 aromatic carbocycles. The van der Waals surface area contributed by atoms with Gasteiger partial charge in [-0.05, 0) is 36.9 Å². The van der Waals surface area contributed by atoms with Crippen LogP contribution in [0.1, 0.15) is 19.4 Å². The number of aromatic nitrogens is 1. The van der Waals surface area contributed by atoms with E-state index < -0.39 is 4.92 Å². The predicted octanol–water partition coefficient (Wildman–Crippen LogP) is 4.88. The van der Waals surface area contributed by atoms with E-state index >= 15 is 0 Å². The van der Waals surface area contributed by atoms with Crippen molar-refractivity contribution < 1.29 is 9.72 Å². The SMILES string of the molecule is CCN(CC)CCN(C(=O)Cc1ccc([N+](=O)[O-])cc1)c1nc2ccc(Br)cc2s1. The van der Waals surface area contributed by atoms with Gasteiger partial charge in [-0.15, -0.1) is 0 Å². The van der Waals surface area contributed by atoms with E-state index in [1.165, 1.54) is 23.5 Å². The first-order valence-electron chi connectivity index (χ1n) is 9.73. The number of rotatable bonds is 9. The number of nitrogens with zero attached hydrogens (tertiary/aromatic N) is 4. The van der Waals surface area contributed by atoms with E-state index in [2.05, 4.69) is 39.7 Å². The second kappa shape index (κ2) is 10.1. The smallest absolute Gasteiger partial charge is 0.269 e. The molecular weight excluding hydrogens is 468 g/mol. The minimum Gasteiger partial charge on any atom is -0.302 e. The number of carbonyl (C=O) groups excluding carboxylic acids is 1. The van der Waals surface area contributed by atoms with Gasteiger partial charge in [0, 0.05) is 29.7 Å². The van der Waals surface area contributed by atoms with Crippen LogP contribution in [-0.2, 0) is 11.2 Å². The number of non-ortho nitro benzene ring substituents is 1. The molecule has 0 unspecified atom stereocenters. The summed E-state index contributed by atoms with van der Waals surface area (Å²) < 4.78 is 1.98. The molecule has 0 aliphatic heterocycles. The van der Waals surface area contributed by atoms with E-state index in [-0.39, 0.29) is 18.0 Å². The number of hydrogen-bond donors (Lipinski definition) is 0. The lowest BCUT2D eigenvalue weighted by Gasteiger charge is -2.24. The molecule has 0 fully saturated rings. The second-order valence-corrected chi connectivity index (χ2v) is 8.71. The first-order valence-corrected chi connectivity index (χ1v) is 11.3. The van der Waals surface area contributed by atoms with Crippen LogP contribution in [0, 0.1) is 10.1 Å². The zero-order valence-corrected chi connectivity index (χ0v) is 19.3. The van der Waals surface area contributed by atoms with Gasteiger partial charge in [0.05, 0.1) is 21.6 Å². The number of nitro benzene ring substituents is 1. The van der Waals surface area contributed by atoms with Crippen LogP contribution in [0.15, 0.2) is 46.9 Å². The summed E-state index contributed by atoms with van der Waals surface area (Å²) in [6, 6.07) is 12.0. The van der Waals surface area contributed by atoms with Crippen LogP contribution in [0.4, 0.5) is 10.8 Å². The molecule has 1 heterocycles. The third-order valence-electron chi connectivity index (χ3n) is 4.91. The molecule has 7 nitrogen and oxygen atoms in total. The fourth-order valence-electron chi connectivity index (χ4n) is 3.12. The maximum atomic E-state index is 13.2. The number of carbonyl (C=O) groups is 1. The Balaban J connectivity index is 1.85. The highest BCUT2D eigenvalue weighted by Crippen LogP contribution is 2.31. The second-order valence-electron chi connectivity index (χ2n) is 6.78. The van der Waals surface area contributed by atoms with Gasteiger partial charge in [0.2, 0.25) is 5.91 Å². The van der Waals surface area contributed by atoms with Crippen molar-refractivity contribution in [3.63, 3.8) is 0 Å². The van der Waals surface area contributed by atoms with E-state index in [4.69, 9.17) is 0 Å². The number of amides is 1. The number of likely N-dealkylation sites (N-methyl/N-ethyl adjacent to an activating group) is 1. The Kier molecular flexibility index (Phi) is 7.52. The summed E-state index contributed by atoms with van der Waals surface area (Å²) in [6.45, 7) is 7.30. The first-order chi connectivity index (χ1) is 14.4. The first kappa shape index (κ1) is 22.3. The topological polar surface area (TPSA) is 79.6 Å². The number of hydrogen-bond acceptors (Lipinski definition) is 6. The zero-order chi connectivity index (χ0) is 21.7. The molecule has 0 radical (unpaired) electrons. The van der Waals surface area contributed by atoms with Crippen LogP contribution in [0.25, 0.3) is 10.2 Å². The Morgan fingerprint density at radius 3 is 2.47 bits per heavy atom. The third kappa shape index (κ3) is 5.41. The number of thiazole rings is 1. The largest absolute Gasteiger partial charge is 0.302 e. The summed E-state index contributed by atoms with van der Waals surface area (Å²) in [4.78, 5) is 32.3. The van der Waals surface area contributed by atoms with Gasteiger partial charge in [0.25, 0.3) is 5.69 Å². The van der Waals surface area contributed by atoms with Gasteiger partial charge in [0.15, 0.2) is 5.13 Å². The highest BCUT2D eigenvalue weighted by atomic mass is 79.9. The van der Waals surface area contributed by atoms with Gasteiger partial charge in [-0.2, -0.15) is 0 Å². The summed E-state index contributed by atoms with van der Waals surface area (Å²) in [6.07, 6.45) is 0.163. The Morgan fingerprint density at radius 2 is 1.83 bits per heavy atom. The van der Waals surface area contributed by atoms with Crippen molar-refractivity contribution >= 4 is 54.2 Å². The normalized spacial score (nSPS) is 11.2. The molecule has 3 aromatic rings. The van der Waals surface area contributed by atoms with Gasteiger partial charge in [-0.1, -0.05) is 53.2 Å². The standard InChI is InChI=1S/C21H23BrN4O3S/c1-3-24(4-2)11-12-25(21-23-18-10-7-16(22)14-19(18)30-21)20(27)13-15-5-8-17(9-6-15)26(28)29/h5-10,14H,3-4,11-13H2,1-2H3. The van der Waals surface area contributed by atoms with E-state index in [1.807, 2.05) is 18.2 Å². The van der Waals surface area contributed by atoms with Crippen molar-refractivity contribution in [1.82, 2.24) is 9.88 Å². The number of halogens is 1. The molecule has 0 saturated heterocycles. The summed E-state index contributed by atoms with van der Waals surface area (Å²) in [5.74, 6) is -0.0749. The molecule has 0 atom stereocenters. The van der Waals surface area contributed by atoms with Gasteiger partial charge in [0.1, 0.15) is 0 Å². The predicted molar refractivity (Wildman–Crippen MR) is 124 cm³/mol. The summed E-state index contributed by atoms with van der Waals surface area (Å²) >= 11 is 4.97. The molecule has 30 heavy (non-hydrogen) atoms. The molecule has 9 heteroatoms. The molecule has 0 N–H and O–H groups in total. The number of benzene rings is 2. The molecule has 158 valence electrons. The lowest BCUT2D eigenvalue weighted by atomic mass is 10.1. The van der Waals surface area contributed by atoms with Gasteiger partial charge >= 0.3 is 0 Å². The average Bonchev–Trinajstić information content (AvgIpc) is 3.14. The van der Waals surface area contributed by atoms with E-state index in [0.717, 1.165) is 39.9 Å². The lowest BCUT2D eigenvalue weighted by Crippen LogP contribution is -2.39. The minimum atomic E-state index is -0.443. The fourth-order valence-corrected chi connectivity index (χ4v) is 4.68. The number of anilines is 1. The number of fused-ring (bicyclic) bond motifs is 1. The molecular formula is C21H23BrN4O3S.